The second-order valence-corrected chi connectivity index (χ2v) is 7.46. The van der Waals surface area contributed by atoms with Crippen LogP contribution in [0.3, 0.4) is 0 Å². The Balaban J connectivity index is 0.00000156. The van der Waals surface area contributed by atoms with E-state index in [2.05, 4.69) is 67.4 Å². The van der Waals surface area contributed by atoms with Crippen LogP contribution in [-0.4, -0.2) is 38.2 Å². The lowest BCUT2D eigenvalue weighted by atomic mass is 9.79. The molecule has 3 rings (SSSR count). The van der Waals surface area contributed by atoms with Crippen LogP contribution >= 0.6 is 24.8 Å². The largest absolute Gasteiger partial charge is 0.496 e. The van der Waals surface area contributed by atoms with Crippen LogP contribution in [0, 0.1) is 5.41 Å². The third-order valence-electron chi connectivity index (χ3n) is 4.76. The molecule has 0 aliphatic carbocycles. The molecule has 1 aliphatic rings. The second kappa shape index (κ2) is 9.09. The SMILES string of the molecule is COc1ccc2ccccc2c1[C@H](N1CCNCC1)C(C)(C)C.Cl.Cl. The molecule has 1 aliphatic heterocycles. The topological polar surface area (TPSA) is 24.5 Å². The number of hydrogen-bond donors (Lipinski definition) is 1. The minimum Gasteiger partial charge on any atom is -0.496 e. The Hall–Kier alpha value is -1.00. The van der Waals surface area contributed by atoms with Crippen molar-refractivity contribution in [2.45, 2.75) is 26.8 Å². The molecule has 0 amide bonds. The van der Waals surface area contributed by atoms with Gasteiger partial charge in [-0.15, -0.1) is 24.8 Å². The highest BCUT2D eigenvalue weighted by molar-refractivity contribution is 5.88. The van der Waals surface area contributed by atoms with Crippen LogP contribution < -0.4 is 10.1 Å². The van der Waals surface area contributed by atoms with Crippen molar-refractivity contribution >= 4 is 35.6 Å². The zero-order valence-corrected chi connectivity index (χ0v) is 17.2. The van der Waals surface area contributed by atoms with Gasteiger partial charge < -0.3 is 10.1 Å². The molecule has 5 heteroatoms. The molecule has 2 aromatic carbocycles. The third-order valence-corrected chi connectivity index (χ3v) is 4.76. The van der Waals surface area contributed by atoms with E-state index >= 15 is 0 Å². The Labute approximate surface area is 163 Å². The lowest BCUT2D eigenvalue weighted by Crippen LogP contribution is -2.48. The molecule has 0 aromatic heterocycles. The number of halogens is 2. The van der Waals surface area contributed by atoms with E-state index in [4.69, 9.17) is 4.74 Å². The van der Waals surface area contributed by atoms with E-state index in [1.807, 2.05) is 0 Å². The molecule has 3 nitrogen and oxygen atoms in total. The van der Waals surface area contributed by atoms with Crippen LogP contribution in [0.5, 0.6) is 5.75 Å². The Morgan fingerprint density at radius 2 is 1.64 bits per heavy atom. The molecule has 1 fully saturated rings. The van der Waals surface area contributed by atoms with Gasteiger partial charge in [0.1, 0.15) is 5.75 Å². The van der Waals surface area contributed by atoms with Crippen LogP contribution in [0.25, 0.3) is 10.8 Å². The molecule has 1 atom stereocenters. The van der Waals surface area contributed by atoms with Crippen molar-refractivity contribution in [1.29, 1.82) is 0 Å². The second-order valence-electron chi connectivity index (χ2n) is 7.46. The Morgan fingerprint density at radius 1 is 1.00 bits per heavy atom. The molecular formula is C20H30Cl2N2O. The van der Waals surface area contributed by atoms with Crippen LogP contribution in [0.15, 0.2) is 36.4 Å². The van der Waals surface area contributed by atoms with E-state index in [-0.39, 0.29) is 30.2 Å². The van der Waals surface area contributed by atoms with E-state index < -0.39 is 0 Å². The van der Waals surface area contributed by atoms with Crippen LogP contribution in [0.1, 0.15) is 32.4 Å². The van der Waals surface area contributed by atoms with E-state index in [1.54, 1.807) is 7.11 Å². The molecule has 0 bridgehead atoms. The first kappa shape index (κ1) is 22.0. The summed E-state index contributed by atoms with van der Waals surface area (Å²) in [5.74, 6) is 1.00. The molecular weight excluding hydrogens is 355 g/mol. The van der Waals surface area contributed by atoms with Crippen molar-refractivity contribution in [2.24, 2.45) is 5.41 Å². The Morgan fingerprint density at radius 3 is 2.24 bits per heavy atom. The summed E-state index contributed by atoms with van der Waals surface area (Å²) in [6.07, 6.45) is 0. The summed E-state index contributed by atoms with van der Waals surface area (Å²) in [5, 5.41) is 6.06. The number of fused-ring (bicyclic) bond motifs is 1. The fourth-order valence-corrected chi connectivity index (χ4v) is 3.84. The van der Waals surface area contributed by atoms with Crippen LogP contribution in [0.2, 0.25) is 0 Å². The van der Waals surface area contributed by atoms with Gasteiger partial charge >= 0.3 is 0 Å². The van der Waals surface area contributed by atoms with Crippen molar-refractivity contribution in [3.05, 3.63) is 42.0 Å². The van der Waals surface area contributed by atoms with Gasteiger partial charge in [0.15, 0.2) is 0 Å². The average Bonchev–Trinajstić information content (AvgIpc) is 2.55. The summed E-state index contributed by atoms with van der Waals surface area (Å²) in [4.78, 5) is 2.61. The van der Waals surface area contributed by atoms with Gasteiger partial charge in [-0.2, -0.15) is 0 Å². The first-order valence-electron chi connectivity index (χ1n) is 8.53. The number of methoxy groups -OCH3 is 1. The smallest absolute Gasteiger partial charge is 0.124 e. The summed E-state index contributed by atoms with van der Waals surface area (Å²) < 4.78 is 5.78. The first-order valence-corrected chi connectivity index (χ1v) is 8.53. The molecule has 1 N–H and O–H groups in total. The van der Waals surface area contributed by atoms with Gasteiger partial charge in [-0.3, -0.25) is 4.90 Å². The number of hydrogen-bond acceptors (Lipinski definition) is 3. The van der Waals surface area contributed by atoms with Crippen LogP contribution in [-0.2, 0) is 0 Å². The lowest BCUT2D eigenvalue weighted by Gasteiger charge is -2.43. The number of nitrogens with one attached hydrogen (secondary N) is 1. The fourth-order valence-electron chi connectivity index (χ4n) is 3.84. The highest BCUT2D eigenvalue weighted by Gasteiger charge is 2.35. The number of rotatable bonds is 3. The van der Waals surface area contributed by atoms with Crippen molar-refractivity contribution in [1.82, 2.24) is 10.2 Å². The standard InChI is InChI=1S/C20H28N2O.2ClH/c1-20(2,3)19(22-13-11-21-12-14-22)18-16-8-6-5-7-15(16)9-10-17(18)23-4;;/h5-10,19,21H,11-14H2,1-4H3;2*1H/t19-;;/m0../s1. The summed E-state index contributed by atoms with van der Waals surface area (Å²) in [6, 6.07) is 13.3. The fraction of sp³-hybridized carbons (Fsp3) is 0.500. The molecule has 1 heterocycles. The maximum Gasteiger partial charge on any atom is 0.124 e. The zero-order valence-electron chi connectivity index (χ0n) is 15.5. The number of piperazine rings is 1. The summed E-state index contributed by atoms with van der Waals surface area (Å²) in [5.41, 5.74) is 1.47. The average molecular weight is 385 g/mol. The van der Waals surface area contributed by atoms with Gasteiger partial charge in [-0.05, 0) is 22.3 Å². The predicted molar refractivity (Wildman–Crippen MR) is 112 cm³/mol. The Kier molecular flexibility index (Phi) is 8.01. The zero-order chi connectivity index (χ0) is 16.4. The monoisotopic (exact) mass is 384 g/mol. The molecule has 25 heavy (non-hydrogen) atoms. The van der Waals surface area contributed by atoms with Gasteiger partial charge in [-0.1, -0.05) is 51.1 Å². The van der Waals surface area contributed by atoms with Gasteiger partial charge in [-0.25, -0.2) is 0 Å². The molecule has 0 unspecified atom stereocenters. The summed E-state index contributed by atoms with van der Waals surface area (Å²) in [7, 11) is 1.78. The number of ether oxygens (including phenoxy) is 1. The van der Waals surface area contributed by atoms with Gasteiger partial charge in [0, 0.05) is 37.8 Å². The molecule has 0 spiro atoms. The van der Waals surface area contributed by atoms with E-state index in [1.165, 1.54) is 16.3 Å². The van der Waals surface area contributed by atoms with E-state index in [0.717, 1.165) is 31.9 Å². The van der Waals surface area contributed by atoms with Crippen LogP contribution in [0.4, 0.5) is 0 Å². The lowest BCUT2D eigenvalue weighted by molar-refractivity contribution is 0.0852. The van der Waals surface area contributed by atoms with Gasteiger partial charge in [0.2, 0.25) is 0 Å². The minimum atomic E-state index is 0. The van der Waals surface area contributed by atoms with Gasteiger partial charge in [0.25, 0.3) is 0 Å². The molecule has 0 saturated carbocycles. The highest BCUT2D eigenvalue weighted by Crippen LogP contribution is 2.45. The highest BCUT2D eigenvalue weighted by atomic mass is 35.5. The van der Waals surface area contributed by atoms with Gasteiger partial charge in [0.05, 0.1) is 7.11 Å². The number of nitrogens with zero attached hydrogens (tertiary/aromatic N) is 1. The normalized spacial score (nSPS) is 16.6. The maximum atomic E-state index is 5.78. The molecule has 140 valence electrons. The third kappa shape index (κ3) is 4.59. The van der Waals surface area contributed by atoms with Crippen molar-refractivity contribution in [2.75, 3.05) is 33.3 Å². The number of benzene rings is 2. The van der Waals surface area contributed by atoms with E-state index in [9.17, 15) is 0 Å². The van der Waals surface area contributed by atoms with Crippen molar-refractivity contribution < 1.29 is 4.74 Å². The molecule has 2 aromatic rings. The Bertz CT molecular complexity index is 679. The molecule has 1 saturated heterocycles. The summed E-state index contributed by atoms with van der Waals surface area (Å²) >= 11 is 0. The van der Waals surface area contributed by atoms with Crippen molar-refractivity contribution in [3.63, 3.8) is 0 Å². The molecule has 0 radical (unpaired) electrons. The minimum absolute atomic E-state index is 0. The first-order chi connectivity index (χ1) is 11.0. The van der Waals surface area contributed by atoms with E-state index in [0.29, 0.717) is 6.04 Å². The predicted octanol–water partition coefficient (Wildman–Crippen LogP) is 4.68. The van der Waals surface area contributed by atoms with Crippen molar-refractivity contribution in [3.8, 4) is 5.75 Å². The maximum absolute atomic E-state index is 5.78. The quantitative estimate of drug-likeness (QED) is 0.830. The summed E-state index contributed by atoms with van der Waals surface area (Å²) in [6.45, 7) is 11.3.